The van der Waals surface area contributed by atoms with Crippen LogP contribution in [0.2, 0.25) is 0 Å². The van der Waals surface area contributed by atoms with Crippen LogP contribution in [0, 0.1) is 0 Å². The largest absolute Gasteiger partial charge is 0.368 e. The zero-order valence-corrected chi connectivity index (χ0v) is 16.2. The van der Waals surface area contributed by atoms with Crippen molar-refractivity contribution >= 4 is 51.6 Å². The summed E-state index contributed by atoms with van der Waals surface area (Å²) in [5, 5.41) is 11.2. The van der Waals surface area contributed by atoms with Gasteiger partial charge in [-0.3, -0.25) is 4.79 Å². The summed E-state index contributed by atoms with van der Waals surface area (Å²) in [6, 6.07) is 15.8. The fraction of sp³-hybridized carbons (Fsp3) is 0.118. The first-order valence-electron chi connectivity index (χ1n) is 7.67. The molecule has 5 nitrogen and oxygen atoms in total. The molecule has 0 fully saturated rings. The molecule has 3 aromatic rings. The lowest BCUT2D eigenvalue weighted by atomic mass is 10.1. The lowest BCUT2D eigenvalue weighted by Gasteiger charge is -2.10. The minimum atomic E-state index is -2.45. The summed E-state index contributed by atoms with van der Waals surface area (Å²) in [5.74, 6) is -2.91. The predicted octanol–water partition coefficient (Wildman–Crippen LogP) is 4.92. The molecule has 1 amide bonds. The van der Waals surface area contributed by atoms with Gasteiger partial charge in [0.15, 0.2) is 4.34 Å². The Hall–Kier alpha value is -2.17. The number of halogens is 2. The van der Waals surface area contributed by atoms with E-state index in [4.69, 9.17) is 5.73 Å². The Morgan fingerprint density at radius 2 is 1.74 bits per heavy atom. The minimum Gasteiger partial charge on any atom is -0.368 e. The van der Waals surface area contributed by atoms with Gasteiger partial charge in [-0.1, -0.05) is 65.2 Å². The van der Waals surface area contributed by atoms with Gasteiger partial charge < -0.3 is 11.1 Å². The molecule has 0 aliphatic carbocycles. The normalized spacial score (nSPS) is 12.1. The molecule has 0 saturated heterocycles. The number of nitrogens with one attached hydrogen (secondary N) is 1. The van der Waals surface area contributed by atoms with Crippen LogP contribution in [0.15, 0.2) is 63.8 Å². The van der Waals surface area contributed by atoms with Crippen molar-refractivity contribution in [1.82, 2.24) is 10.2 Å². The van der Waals surface area contributed by atoms with E-state index in [9.17, 15) is 13.6 Å². The van der Waals surface area contributed by atoms with Gasteiger partial charge in [0, 0.05) is 10.6 Å². The molecule has 0 aliphatic rings. The van der Waals surface area contributed by atoms with Gasteiger partial charge in [0.05, 0.1) is 0 Å². The highest BCUT2D eigenvalue weighted by Crippen LogP contribution is 2.38. The van der Waals surface area contributed by atoms with E-state index < -0.39 is 16.9 Å². The van der Waals surface area contributed by atoms with Gasteiger partial charge in [-0.15, -0.1) is 10.2 Å². The monoisotopic (exact) mass is 424 g/mol. The molecular formula is C17H14F2N4OS3. The molecule has 0 radical (unpaired) electrons. The summed E-state index contributed by atoms with van der Waals surface area (Å²) in [5.41, 5.74) is 7.02. The Morgan fingerprint density at radius 1 is 1.04 bits per heavy atom. The molecule has 0 saturated carbocycles. The highest BCUT2D eigenvalue weighted by atomic mass is 32.2. The Bertz CT molecular complexity index is 891. The summed E-state index contributed by atoms with van der Waals surface area (Å²) in [6.45, 7) is 0. The van der Waals surface area contributed by atoms with Gasteiger partial charge in [-0.25, -0.2) is 0 Å². The van der Waals surface area contributed by atoms with Crippen LogP contribution >= 0.6 is 34.9 Å². The third kappa shape index (κ3) is 5.65. The van der Waals surface area contributed by atoms with Gasteiger partial charge >= 0.3 is 0 Å². The van der Waals surface area contributed by atoms with E-state index in [1.54, 1.807) is 24.3 Å². The van der Waals surface area contributed by atoms with Crippen LogP contribution in [0.5, 0.6) is 0 Å². The molecule has 1 atom stereocenters. The molecule has 1 unspecified atom stereocenters. The molecule has 27 heavy (non-hydrogen) atoms. The summed E-state index contributed by atoms with van der Waals surface area (Å²) in [7, 11) is 0. The quantitative estimate of drug-likeness (QED) is 0.500. The number of alkyl halides is 2. The first kappa shape index (κ1) is 19.6. The number of benzene rings is 2. The summed E-state index contributed by atoms with van der Waals surface area (Å²) >= 11 is 3.01. The topological polar surface area (TPSA) is 80.9 Å². The second-order valence-electron chi connectivity index (χ2n) is 5.21. The third-order valence-electron chi connectivity index (χ3n) is 3.32. The highest BCUT2D eigenvalue weighted by molar-refractivity contribution is 8.02. The zero-order chi connectivity index (χ0) is 19.2. The van der Waals surface area contributed by atoms with Crippen LogP contribution in [0.3, 0.4) is 0 Å². The number of thioether (sulfide) groups is 2. The van der Waals surface area contributed by atoms with E-state index in [2.05, 4.69) is 15.5 Å². The summed E-state index contributed by atoms with van der Waals surface area (Å²) in [4.78, 5) is 12.3. The molecule has 0 spiro atoms. The standard InChI is InChI=1S/C17H14F2N4OS3/c18-15(19)25-12-8-6-11(7-9-12)21-16-22-23-17(27-16)26-13(14(20)24)10-4-2-1-3-5-10/h1-9,13,15H,(H2,20,24)(H,21,22). The molecule has 1 heterocycles. The van der Waals surface area contributed by atoms with Crippen molar-refractivity contribution in [2.24, 2.45) is 5.73 Å². The average molecular weight is 425 g/mol. The minimum absolute atomic E-state index is 0.456. The second kappa shape index (κ2) is 9.16. The molecule has 3 rings (SSSR count). The Balaban J connectivity index is 1.66. The van der Waals surface area contributed by atoms with E-state index in [1.807, 2.05) is 30.3 Å². The van der Waals surface area contributed by atoms with Crippen molar-refractivity contribution in [3.8, 4) is 0 Å². The smallest absolute Gasteiger partial charge is 0.288 e. The molecule has 0 aliphatic heterocycles. The number of rotatable bonds is 8. The van der Waals surface area contributed by atoms with Gasteiger partial charge in [0.25, 0.3) is 5.76 Å². The van der Waals surface area contributed by atoms with Gasteiger partial charge in [0.1, 0.15) is 5.25 Å². The fourth-order valence-corrected chi connectivity index (χ4v) is 4.58. The Labute approximate surface area is 166 Å². The maximum absolute atomic E-state index is 12.3. The molecule has 3 N–H and O–H groups in total. The Kier molecular flexibility index (Phi) is 6.64. The average Bonchev–Trinajstić information content (AvgIpc) is 3.08. The van der Waals surface area contributed by atoms with E-state index in [-0.39, 0.29) is 0 Å². The molecule has 0 bridgehead atoms. The van der Waals surface area contributed by atoms with Gasteiger partial charge in [0.2, 0.25) is 11.0 Å². The number of primary amides is 1. The number of hydrogen-bond donors (Lipinski definition) is 2. The third-order valence-corrected chi connectivity index (χ3v) is 6.23. The molecule has 10 heteroatoms. The van der Waals surface area contributed by atoms with Gasteiger partial charge in [-0.2, -0.15) is 8.78 Å². The Morgan fingerprint density at radius 3 is 2.37 bits per heavy atom. The maximum atomic E-state index is 12.3. The van der Waals surface area contributed by atoms with E-state index in [1.165, 1.54) is 23.1 Å². The number of aromatic nitrogens is 2. The van der Waals surface area contributed by atoms with Crippen LogP contribution in [-0.2, 0) is 4.79 Å². The van der Waals surface area contributed by atoms with Crippen molar-refractivity contribution in [2.45, 2.75) is 20.2 Å². The van der Waals surface area contributed by atoms with E-state index >= 15 is 0 Å². The highest BCUT2D eigenvalue weighted by Gasteiger charge is 2.21. The second-order valence-corrected chi connectivity index (χ2v) is 8.61. The lowest BCUT2D eigenvalue weighted by Crippen LogP contribution is -2.18. The molecule has 140 valence electrons. The summed E-state index contributed by atoms with van der Waals surface area (Å²) < 4.78 is 25.3. The first-order chi connectivity index (χ1) is 13.0. The van der Waals surface area contributed by atoms with Crippen molar-refractivity contribution in [3.63, 3.8) is 0 Å². The van der Waals surface area contributed by atoms with Gasteiger partial charge in [-0.05, 0) is 29.8 Å². The van der Waals surface area contributed by atoms with E-state index in [0.717, 1.165) is 5.56 Å². The zero-order valence-electron chi connectivity index (χ0n) is 13.7. The number of carbonyl (C=O) groups is 1. The number of amides is 1. The predicted molar refractivity (Wildman–Crippen MR) is 106 cm³/mol. The molecule has 2 aromatic carbocycles. The van der Waals surface area contributed by atoms with Crippen LogP contribution in [-0.4, -0.2) is 21.9 Å². The molecule has 1 aromatic heterocycles. The van der Waals surface area contributed by atoms with Crippen molar-refractivity contribution in [2.75, 3.05) is 5.32 Å². The molecular weight excluding hydrogens is 410 g/mol. The summed E-state index contributed by atoms with van der Waals surface area (Å²) in [6.07, 6.45) is 0. The van der Waals surface area contributed by atoms with Crippen LogP contribution in [0.4, 0.5) is 19.6 Å². The van der Waals surface area contributed by atoms with Crippen LogP contribution in [0.1, 0.15) is 10.8 Å². The van der Waals surface area contributed by atoms with Crippen molar-refractivity contribution in [3.05, 3.63) is 60.2 Å². The number of hydrogen-bond acceptors (Lipinski definition) is 7. The number of nitrogens with zero attached hydrogens (tertiary/aromatic N) is 2. The van der Waals surface area contributed by atoms with Crippen molar-refractivity contribution in [1.29, 1.82) is 0 Å². The van der Waals surface area contributed by atoms with Crippen LogP contribution in [0.25, 0.3) is 0 Å². The lowest BCUT2D eigenvalue weighted by molar-refractivity contribution is -0.117. The maximum Gasteiger partial charge on any atom is 0.288 e. The van der Waals surface area contributed by atoms with Crippen molar-refractivity contribution < 1.29 is 13.6 Å². The van der Waals surface area contributed by atoms with Crippen LogP contribution < -0.4 is 11.1 Å². The number of carbonyl (C=O) groups excluding carboxylic acids is 1. The number of anilines is 2. The first-order valence-corrected chi connectivity index (χ1v) is 10.2. The fourth-order valence-electron chi connectivity index (χ4n) is 2.17. The number of nitrogens with two attached hydrogens (primary N) is 1. The SMILES string of the molecule is NC(=O)C(Sc1nnc(Nc2ccc(SC(F)F)cc2)s1)c1ccccc1. The van der Waals surface area contributed by atoms with E-state index in [0.29, 0.717) is 31.8 Å².